The maximum Gasteiger partial charge on any atom is 0.149 e. The van der Waals surface area contributed by atoms with E-state index in [-0.39, 0.29) is 0 Å². The van der Waals surface area contributed by atoms with E-state index in [9.17, 15) is 0 Å². The summed E-state index contributed by atoms with van der Waals surface area (Å²) in [5, 5.41) is 1.65. The fourth-order valence-corrected chi connectivity index (χ4v) is 9.10. The first-order valence-corrected chi connectivity index (χ1v) is 15.1. The van der Waals surface area contributed by atoms with Crippen LogP contribution in [0.2, 0.25) is 36.1 Å². The zero-order valence-electron chi connectivity index (χ0n) is 18.6. The molecule has 0 aliphatic heterocycles. The second kappa shape index (κ2) is 9.81. The van der Waals surface area contributed by atoms with Gasteiger partial charge in [-0.15, -0.1) is 0 Å². The summed E-state index contributed by atoms with van der Waals surface area (Å²) in [7, 11) is -1.39. The lowest BCUT2D eigenvalue weighted by atomic mass is 9.25. The van der Waals surface area contributed by atoms with Crippen molar-refractivity contribution in [2.45, 2.75) is 121 Å². The van der Waals surface area contributed by atoms with Crippen LogP contribution in [0.3, 0.4) is 0 Å². The van der Waals surface area contributed by atoms with E-state index in [0.29, 0.717) is 0 Å². The monoisotopic (exact) mass is 382 g/mol. The third-order valence-electron chi connectivity index (χ3n) is 8.52. The van der Waals surface area contributed by atoms with Gasteiger partial charge in [0.15, 0.2) is 0 Å². The van der Waals surface area contributed by atoms with Gasteiger partial charge in [-0.1, -0.05) is 151 Å². The third kappa shape index (κ3) is 5.31. The predicted molar refractivity (Wildman–Crippen MR) is 126 cm³/mol. The molecule has 1 aromatic rings. The molecule has 2 atom stereocenters. The third-order valence-corrected chi connectivity index (χ3v) is 13.0. The van der Waals surface area contributed by atoms with Crippen molar-refractivity contribution in [1.29, 1.82) is 0 Å². The van der Waals surface area contributed by atoms with Gasteiger partial charge in [0.05, 0.1) is 8.07 Å². The maximum absolute atomic E-state index is 2.64. The summed E-state index contributed by atoms with van der Waals surface area (Å²) in [6, 6.07) is 11.4. The molecule has 150 valence electrons. The topological polar surface area (TPSA) is 0 Å². The van der Waals surface area contributed by atoms with Gasteiger partial charge in [0.25, 0.3) is 0 Å². The van der Waals surface area contributed by atoms with Crippen molar-refractivity contribution in [2.75, 3.05) is 0 Å². The molecule has 0 nitrogen and oxygen atoms in total. The van der Waals surface area contributed by atoms with Crippen molar-refractivity contribution in [1.82, 2.24) is 0 Å². The lowest BCUT2D eigenvalue weighted by molar-refractivity contribution is 0.452. The van der Waals surface area contributed by atoms with E-state index >= 15 is 0 Å². The van der Waals surface area contributed by atoms with Gasteiger partial charge >= 0.3 is 0 Å². The van der Waals surface area contributed by atoms with Gasteiger partial charge in [0.2, 0.25) is 0 Å². The zero-order chi connectivity index (χ0) is 19.3. The van der Waals surface area contributed by atoms with Crippen LogP contribution >= 0.6 is 0 Å². The standard InChI is InChI=1S/C25H43BSi/c1-21(20-22(2)27(3,4)25-18-12-7-13-19-25)26(23-14-8-5-9-15-23)24-16-10-6-11-17-24/h7,12-13,18-19,21-24H,5-6,8-11,14-17,20H2,1-4H3/t21-,22-/m0/s1. The Morgan fingerprint density at radius 3 is 1.78 bits per heavy atom. The molecule has 2 saturated carbocycles. The van der Waals surface area contributed by atoms with Crippen molar-refractivity contribution in [3.8, 4) is 0 Å². The molecular weight excluding hydrogens is 339 g/mol. The van der Waals surface area contributed by atoms with Crippen molar-refractivity contribution in [3.05, 3.63) is 30.3 Å². The van der Waals surface area contributed by atoms with Crippen LogP contribution in [0.25, 0.3) is 0 Å². The van der Waals surface area contributed by atoms with Crippen LogP contribution in [0.5, 0.6) is 0 Å². The fourth-order valence-electron chi connectivity index (χ4n) is 6.51. The van der Waals surface area contributed by atoms with Crippen molar-refractivity contribution in [3.63, 3.8) is 0 Å². The molecule has 2 aliphatic carbocycles. The fraction of sp³-hybridized carbons (Fsp3) is 0.760. The average Bonchev–Trinajstić information content (AvgIpc) is 2.70. The molecule has 3 rings (SSSR count). The first-order valence-electron chi connectivity index (χ1n) is 12.1. The van der Waals surface area contributed by atoms with E-state index in [2.05, 4.69) is 57.3 Å². The summed E-state index contributed by atoms with van der Waals surface area (Å²) in [5.41, 5.74) is 0.865. The molecule has 0 N–H and O–H groups in total. The van der Waals surface area contributed by atoms with Crippen molar-refractivity contribution in [2.24, 2.45) is 0 Å². The zero-order valence-corrected chi connectivity index (χ0v) is 19.6. The molecule has 2 fully saturated rings. The Balaban J connectivity index is 1.71. The Bertz CT molecular complexity index is 525. The minimum Gasteiger partial charge on any atom is -0.0690 e. The normalized spacial score (nSPS) is 22.4. The summed E-state index contributed by atoms with van der Waals surface area (Å²) in [6.07, 6.45) is 16.5. The first kappa shape index (κ1) is 21.2. The first-order chi connectivity index (χ1) is 13.0. The van der Waals surface area contributed by atoms with Gasteiger partial charge in [-0.2, -0.15) is 0 Å². The van der Waals surface area contributed by atoms with Crippen molar-refractivity contribution >= 4 is 20.0 Å². The molecule has 0 aromatic heterocycles. The molecule has 0 heterocycles. The quantitative estimate of drug-likeness (QED) is 0.420. The molecule has 0 bridgehead atoms. The van der Waals surface area contributed by atoms with Crippen LogP contribution < -0.4 is 5.19 Å². The SMILES string of the molecule is C[C@@H](C[C@H](C)[Si](C)(C)c1ccccc1)B(C1CCCCC1)C1CCCCC1. The van der Waals surface area contributed by atoms with Crippen LogP contribution in [-0.2, 0) is 0 Å². The van der Waals surface area contributed by atoms with Gasteiger partial charge < -0.3 is 0 Å². The van der Waals surface area contributed by atoms with Gasteiger partial charge in [-0.3, -0.25) is 0 Å². The summed E-state index contributed by atoms with van der Waals surface area (Å²) in [5.74, 6) is 2.97. The van der Waals surface area contributed by atoms with E-state index in [1.165, 1.54) is 70.6 Å². The number of benzene rings is 1. The second-order valence-electron chi connectivity index (χ2n) is 10.6. The number of hydrogen-bond donors (Lipinski definition) is 0. The Morgan fingerprint density at radius 2 is 1.30 bits per heavy atom. The summed E-state index contributed by atoms with van der Waals surface area (Å²) in [6.45, 7) is 11.4. The van der Waals surface area contributed by atoms with Gasteiger partial charge in [-0.05, 0) is 5.54 Å². The molecule has 0 amide bonds. The molecule has 0 spiro atoms. The largest absolute Gasteiger partial charge is 0.149 e. The lowest BCUT2D eigenvalue weighted by Crippen LogP contribution is -2.46. The predicted octanol–water partition coefficient (Wildman–Crippen LogP) is 7.94. The van der Waals surface area contributed by atoms with E-state index in [0.717, 1.165) is 29.7 Å². The molecule has 1 aromatic carbocycles. The van der Waals surface area contributed by atoms with Crippen LogP contribution in [0.1, 0.15) is 84.5 Å². The molecule has 2 aliphatic rings. The smallest absolute Gasteiger partial charge is 0.0690 e. The van der Waals surface area contributed by atoms with Gasteiger partial charge in [0.1, 0.15) is 6.71 Å². The highest BCUT2D eigenvalue weighted by Crippen LogP contribution is 2.48. The van der Waals surface area contributed by atoms with E-state index in [1.54, 1.807) is 5.19 Å². The molecule has 2 heteroatoms. The highest BCUT2D eigenvalue weighted by Gasteiger charge is 2.40. The summed E-state index contributed by atoms with van der Waals surface area (Å²) >= 11 is 0. The number of hydrogen-bond acceptors (Lipinski definition) is 0. The molecular formula is C25H43BSi. The average molecular weight is 383 g/mol. The van der Waals surface area contributed by atoms with Crippen molar-refractivity contribution < 1.29 is 0 Å². The Kier molecular flexibility index (Phi) is 7.71. The van der Waals surface area contributed by atoms with E-state index < -0.39 is 8.07 Å². The summed E-state index contributed by atoms with van der Waals surface area (Å²) < 4.78 is 0. The lowest BCUT2D eigenvalue weighted by Gasteiger charge is -2.41. The summed E-state index contributed by atoms with van der Waals surface area (Å²) in [4.78, 5) is 0. The highest BCUT2D eigenvalue weighted by molar-refractivity contribution is 6.91. The highest BCUT2D eigenvalue weighted by atomic mass is 28.3. The Morgan fingerprint density at radius 1 is 0.815 bits per heavy atom. The van der Waals surface area contributed by atoms with E-state index in [1.807, 2.05) is 0 Å². The molecule has 27 heavy (non-hydrogen) atoms. The molecule has 0 radical (unpaired) electrons. The molecule has 0 saturated heterocycles. The van der Waals surface area contributed by atoms with Crippen LogP contribution in [0.4, 0.5) is 0 Å². The molecule has 0 unspecified atom stereocenters. The van der Waals surface area contributed by atoms with Crippen LogP contribution in [0, 0.1) is 0 Å². The van der Waals surface area contributed by atoms with Crippen LogP contribution in [0.15, 0.2) is 30.3 Å². The van der Waals surface area contributed by atoms with E-state index in [4.69, 9.17) is 0 Å². The second-order valence-corrected chi connectivity index (χ2v) is 15.6. The minimum atomic E-state index is -1.39. The minimum absolute atomic E-state index is 0.865. The van der Waals surface area contributed by atoms with Crippen LogP contribution in [-0.4, -0.2) is 14.8 Å². The van der Waals surface area contributed by atoms with Gasteiger partial charge in [0, 0.05) is 0 Å². The van der Waals surface area contributed by atoms with Gasteiger partial charge in [-0.25, -0.2) is 0 Å². The Labute approximate surface area is 171 Å². The Hall–Kier alpha value is -0.498. The maximum atomic E-state index is 2.64. The number of rotatable bonds is 7.